The first kappa shape index (κ1) is 17.0. The molecule has 0 saturated carbocycles. The molecule has 0 aliphatic heterocycles. The minimum atomic E-state index is -3.54. The predicted octanol–water partition coefficient (Wildman–Crippen LogP) is 0.420. The predicted molar refractivity (Wildman–Crippen MR) is 80.0 cm³/mol. The third-order valence-corrected chi connectivity index (χ3v) is 4.32. The van der Waals surface area contributed by atoms with Gasteiger partial charge in [0.15, 0.2) is 5.03 Å². The summed E-state index contributed by atoms with van der Waals surface area (Å²) in [6.45, 7) is 3.36. The summed E-state index contributed by atoms with van der Waals surface area (Å²) in [6, 6.07) is 3.18. The van der Waals surface area contributed by atoms with Crippen LogP contribution in [0.1, 0.15) is 18.9 Å². The standard InChI is InChI=1S/C13H24N4O2S/c1-11(7-8-17(3)4)16-20(18,19)13-6-5-12(9-14-2)10-15-13/h5-6,10-11,14,16H,7-9H2,1-4H3. The summed E-state index contributed by atoms with van der Waals surface area (Å²) in [5.74, 6) is 0. The van der Waals surface area contributed by atoms with Gasteiger partial charge in [-0.05, 0) is 52.7 Å². The molecule has 7 heteroatoms. The van der Waals surface area contributed by atoms with Crippen molar-refractivity contribution >= 4 is 10.0 Å². The van der Waals surface area contributed by atoms with Crippen LogP contribution < -0.4 is 10.0 Å². The van der Waals surface area contributed by atoms with E-state index in [4.69, 9.17) is 0 Å². The van der Waals surface area contributed by atoms with Crippen molar-refractivity contribution in [3.63, 3.8) is 0 Å². The van der Waals surface area contributed by atoms with Gasteiger partial charge >= 0.3 is 0 Å². The smallest absolute Gasteiger partial charge is 0.258 e. The number of rotatable bonds is 8. The molecule has 1 heterocycles. The van der Waals surface area contributed by atoms with Crippen molar-refractivity contribution in [2.45, 2.75) is 31.0 Å². The van der Waals surface area contributed by atoms with E-state index in [0.717, 1.165) is 18.5 Å². The molecule has 1 aromatic rings. The zero-order valence-electron chi connectivity index (χ0n) is 12.5. The van der Waals surface area contributed by atoms with Crippen LogP contribution in [0.3, 0.4) is 0 Å². The van der Waals surface area contributed by atoms with Crippen LogP contribution in [0.15, 0.2) is 23.4 Å². The second kappa shape index (κ2) is 7.68. The fourth-order valence-corrected chi connectivity index (χ4v) is 2.92. The van der Waals surface area contributed by atoms with Crippen molar-refractivity contribution in [3.05, 3.63) is 23.9 Å². The molecule has 1 unspecified atom stereocenters. The van der Waals surface area contributed by atoms with E-state index in [1.54, 1.807) is 12.3 Å². The van der Waals surface area contributed by atoms with E-state index < -0.39 is 10.0 Å². The van der Waals surface area contributed by atoms with Crippen LogP contribution in [-0.2, 0) is 16.6 Å². The molecule has 0 spiro atoms. The lowest BCUT2D eigenvalue weighted by Crippen LogP contribution is -2.35. The van der Waals surface area contributed by atoms with Crippen molar-refractivity contribution in [1.29, 1.82) is 0 Å². The zero-order chi connectivity index (χ0) is 15.2. The number of hydrogen-bond donors (Lipinski definition) is 2. The van der Waals surface area contributed by atoms with Crippen molar-refractivity contribution in [2.24, 2.45) is 0 Å². The van der Waals surface area contributed by atoms with Gasteiger partial charge in [-0.25, -0.2) is 18.1 Å². The van der Waals surface area contributed by atoms with Crippen molar-refractivity contribution in [1.82, 2.24) is 19.9 Å². The van der Waals surface area contributed by atoms with Gasteiger partial charge in [-0.2, -0.15) is 0 Å². The molecule has 114 valence electrons. The molecule has 0 fully saturated rings. The van der Waals surface area contributed by atoms with Crippen LogP contribution in [0.25, 0.3) is 0 Å². The maximum Gasteiger partial charge on any atom is 0.258 e. The highest BCUT2D eigenvalue weighted by Gasteiger charge is 2.18. The van der Waals surface area contributed by atoms with E-state index in [2.05, 4.69) is 15.0 Å². The van der Waals surface area contributed by atoms with Gasteiger partial charge in [0.2, 0.25) is 0 Å². The molecule has 0 bridgehead atoms. The van der Waals surface area contributed by atoms with Crippen LogP contribution in [0, 0.1) is 0 Å². The van der Waals surface area contributed by atoms with E-state index in [1.807, 2.05) is 33.0 Å². The minimum absolute atomic E-state index is 0.0639. The quantitative estimate of drug-likeness (QED) is 0.728. The molecular formula is C13H24N4O2S. The highest BCUT2D eigenvalue weighted by Crippen LogP contribution is 2.08. The maximum absolute atomic E-state index is 12.2. The molecule has 0 aliphatic rings. The Bertz CT molecular complexity index is 500. The van der Waals surface area contributed by atoms with E-state index >= 15 is 0 Å². The van der Waals surface area contributed by atoms with Gasteiger partial charge in [0.05, 0.1) is 0 Å². The Morgan fingerprint density at radius 1 is 1.35 bits per heavy atom. The molecule has 1 rings (SSSR count). The molecule has 0 saturated heterocycles. The molecule has 1 aromatic heterocycles. The van der Waals surface area contributed by atoms with Gasteiger partial charge < -0.3 is 10.2 Å². The molecule has 0 aromatic carbocycles. The Kier molecular flexibility index (Phi) is 6.54. The summed E-state index contributed by atoms with van der Waals surface area (Å²) >= 11 is 0. The first-order chi connectivity index (χ1) is 9.35. The number of nitrogens with zero attached hydrogens (tertiary/aromatic N) is 2. The molecule has 0 aliphatic carbocycles. The highest BCUT2D eigenvalue weighted by molar-refractivity contribution is 7.89. The Labute approximate surface area is 121 Å². The number of pyridine rings is 1. The van der Waals surface area contributed by atoms with Gasteiger partial charge in [-0.1, -0.05) is 6.07 Å². The van der Waals surface area contributed by atoms with Gasteiger partial charge in [-0.15, -0.1) is 0 Å². The van der Waals surface area contributed by atoms with Gasteiger partial charge in [0.25, 0.3) is 10.0 Å². The Hall–Kier alpha value is -1.02. The normalized spacial score (nSPS) is 13.7. The molecule has 2 N–H and O–H groups in total. The average Bonchev–Trinajstić information content (AvgIpc) is 2.37. The highest BCUT2D eigenvalue weighted by atomic mass is 32.2. The van der Waals surface area contributed by atoms with Gasteiger partial charge in [0.1, 0.15) is 0 Å². The van der Waals surface area contributed by atoms with Crippen molar-refractivity contribution in [3.8, 4) is 0 Å². The second-order valence-electron chi connectivity index (χ2n) is 5.15. The van der Waals surface area contributed by atoms with E-state index in [1.165, 1.54) is 6.07 Å². The summed E-state index contributed by atoms with van der Waals surface area (Å²) in [7, 11) is 2.22. The third kappa shape index (κ3) is 5.54. The monoisotopic (exact) mass is 300 g/mol. The summed E-state index contributed by atoms with van der Waals surface area (Å²) in [4.78, 5) is 6.04. The van der Waals surface area contributed by atoms with Crippen molar-refractivity contribution in [2.75, 3.05) is 27.7 Å². The molecular weight excluding hydrogens is 276 g/mol. The third-order valence-electron chi connectivity index (χ3n) is 2.82. The van der Waals surface area contributed by atoms with E-state index in [-0.39, 0.29) is 11.1 Å². The van der Waals surface area contributed by atoms with Crippen LogP contribution in [0.4, 0.5) is 0 Å². The van der Waals surface area contributed by atoms with Crippen LogP contribution in [0.2, 0.25) is 0 Å². The summed E-state index contributed by atoms with van der Waals surface area (Å²) in [5, 5.41) is 3.06. The molecule has 1 atom stereocenters. The van der Waals surface area contributed by atoms with Crippen molar-refractivity contribution < 1.29 is 8.42 Å². The molecule has 0 amide bonds. The van der Waals surface area contributed by atoms with E-state index in [0.29, 0.717) is 6.54 Å². The average molecular weight is 300 g/mol. The van der Waals surface area contributed by atoms with Crippen LogP contribution >= 0.6 is 0 Å². The number of nitrogens with one attached hydrogen (secondary N) is 2. The fraction of sp³-hybridized carbons (Fsp3) is 0.615. The lowest BCUT2D eigenvalue weighted by Gasteiger charge is -2.16. The van der Waals surface area contributed by atoms with Crippen LogP contribution in [0.5, 0.6) is 0 Å². The van der Waals surface area contributed by atoms with Gasteiger partial charge in [-0.3, -0.25) is 0 Å². The first-order valence-corrected chi connectivity index (χ1v) is 8.10. The number of sulfonamides is 1. The SMILES string of the molecule is CNCc1ccc(S(=O)(=O)NC(C)CCN(C)C)nc1. The second-order valence-corrected chi connectivity index (χ2v) is 6.81. The molecule has 0 radical (unpaired) electrons. The fourth-order valence-electron chi connectivity index (χ4n) is 1.71. The molecule has 20 heavy (non-hydrogen) atoms. The minimum Gasteiger partial charge on any atom is -0.316 e. The Morgan fingerprint density at radius 2 is 2.05 bits per heavy atom. The number of aromatic nitrogens is 1. The van der Waals surface area contributed by atoms with Gasteiger partial charge in [0, 0.05) is 18.8 Å². The lowest BCUT2D eigenvalue weighted by molar-refractivity contribution is 0.379. The number of hydrogen-bond acceptors (Lipinski definition) is 5. The van der Waals surface area contributed by atoms with E-state index in [9.17, 15) is 8.42 Å². The Morgan fingerprint density at radius 3 is 2.55 bits per heavy atom. The summed E-state index contributed by atoms with van der Waals surface area (Å²) < 4.78 is 27.0. The first-order valence-electron chi connectivity index (χ1n) is 6.61. The summed E-state index contributed by atoms with van der Waals surface area (Å²) in [6.07, 6.45) is 2.33. The van der Waals surface area contributed by atoms with Crippen LogP contribution in [-0.4, -0.2) is 52.0 Å². The zero-order valence-corrected chi connectivity index (χ0v) is 13.4. The largest absolute Gasteiger partial charge is 0.316 e. The maximum atomic E-state index is 12.2. The topological polar surface area (TPSA) is 74.3 Å². The lowest BCUT2D eigenvalue weighted by atomic mass is 10.2. The summed E-state index contributed by atoms with van der Waals surface area (Å²) in [5.41, 5.74) is 0.951. The Balaban J connectivity index is 2.68. The molecule has 6 nitrogen and oxygen atoms in total.